The first-order valence-electron chi connectivity index (χ1n) is 2.34. The molecule has 0 aromatic carbocycles. The maximum absolute atomic E-state index is 9.13. The van der Waals surface area contributed by atoms with Crippen LogP contribution in [-0.4, -0.2) is 25.0 Å². The smallest absolute Gasteiger partial charge is 0.549 e. The van der Waals surface area contributed by atoms with E-state index in [0.29, 0.717) is 0 Å². The van der Waals surface area contributed by atoms with Crippen molar-refractivity contribution < 1.29 is 36.9 Å². The molecule has 0 fully saturated rings. The van der Waals surface area contributed by atoms with Crippen molar-refractivity contribution in [2.45, 2.75) is 0 Å². The fraction of sp³-hybridized carbons (Fsp3) is 0.500. The Labute approximate surface area is 86.2 Å². The minimum absolute atomic E-state index is 0. The SMILES string of the molecule is Cl.NCC(=O)[O-].NCC(=O)[O-].[Fe+2]. The summed E-state index contributed by atoms with van der Waals surface area (Å²) in [5, 5.41) is 18.3. The standard InChI is InChI=1S/2C2H5NO2.ClH.Fe/c2*3-1-2(4)5;;/h2*1,3H2,(H,4,5);1H;/q;;;+2/p-2. The normalized spacial score (nSPS) is 6.17. The maximum atomic E-state index is 9.13. The summed E-state index contributed by atoms with van der Waals surface area (Å²) in [5.74, 6) is -2.44. The number of carboxylic acids is 2. The Bertz CT molecular complexity index is 110. The first-order chi connectivity index (χ1) is 4.54. The molecular formula is C4H9ClFeN2O4. The van der Waals surface area contributed by atoms with Gasteiger partial charge >= 0.3 is 17.1 Å². The van der Waals surface area contributed by atoms with Crippen LogP contribution in [0.4, 0.5) is 0 Å². The van der Waals surface area contributed by atoms with Gasteiger partial charge in [0.1, 0.15) is 0 Å². The number of rotatable bonds is 2. The molecule has 0 radical (unpaired) electrons. The summed E-state index contributed by atoms with van der Waals surface area (Å²) >= 11 is 0. The topological polar surface area (TPSA) is 132 Å². The van der Waals surface area contributed by atoms with Crippen molar-refractivity contribution in [3.8, 4) is 0 Å². The number of hydrogen-bond donors (Lipinski definition) is 2. The van der Waals surface area contributed by atoms with Gasteiger partial charge in [0.05, 0.1) is 11.9 Å². The van der Waals surface area contributed by atoms with Crippen LogP contribution in [0.3, 0.4) is 0 Å². The quantitative estimate of drug-likeness (QED) is 0.470. The van der Waals surface area contributed by atoms with Gasteiger partial charge in [0.25, 0.3) is 0 Å². The van der Waals surface area contributed by atoms with E-state index in [1.54, 1.807) is 0 Å². The zero-order chi connectivity index (χ0) is 8.57. The molecule has 12 heavy (non-hydrogen) atoms. The molecule has 0 aromatic heterocycles. The number of aliphatic carboxylic acids is 2. The summed E-state index contributed by atoms with van der Waals surface area (Å²) in [5.41, 5.74) is 9.02. The molecule has 0 saturated carbocycles. The van der Waals surface area contributed by atoms with Crippen LogP contribution in [0, 0.1) is 0 Å². The van der Waals surface area contributed by atoms with Crippen LogP contribution in [0.15, 0.2) is 0 Å². The van der Waals surface area contributed by atoms with Crippen molar-refractivity contribution >= 4 is 24.3 Å². The van der Waals surface area contributed by atoms with Gasteiger partial charge in [0.2, 0.25) is 0 Å². The number of carbonyl (C=O) groups excluding carboxylic acids is 2. The second kappa shape index (κ2) is 17.0. The zero-order valence-corrected chi connectivity index (χ0v) is 7.88. The van der Waals surface area contributed by atoms with Crippen molar-refractivity contribution in [1.29, 1.82) is 0 Å². The summed E-state index contributed by atoms with van der Waals surface area (Å²) in [6, 6.07) is 0. The summed E-state index contributed by atoms with van der Waals surface area (Å²) in [4.78, 5) is 18.3. The van der Waals surface area contributed by atoms with E-state index in [-0.39, 0.29) is 42.6 Å². The Morgan fingerprint density at radius 1 is 1.00 bits per heavy atom. The van der Waals surface area contributed by atoms with Gasteiger partial charge in [-0.15, -0.1) is 12.4 Å². The minimum Gasteiger partial charge on any atom is -0.549 e. The van der Waals surface area contributed by atoms with E-state index in [0.717, 1.165) is 0 Å². The maximum Gasteiger partial charge on any atom is 2.00 e. The Hall–Kier alpha value is -0.331. The largest absolute Gasteiger partial charge is 2.00 e. The molecule has 0 spiro atoms. The molecule has 0 rings (SSSR count). The number of nitrogens with two attached hydrogens (primary N) is 2. The van der Waals surface area contributed by atoms with Crippen LogP contribution in [0.25, 0.3) is 0 Å². The second-order valence-electron chi connectivity index (χ2n) is 1.15. The summed E-state index contributed by atoms with van der Waals surface area (Å²) < 4.78 is 0. The molecule has 0 aromatic rings. The molecule has 0 bridgehead atoms. The summed E-state index contributed by atoms with van der Waals surface area (Å²) in [6.07, 6.45) is 0. The summed E-state index contributed by atoms with van der Waals surface area (Å²) in [6.45, 7) is -0.778. The number of carbonyl (C=O) groups is 2. The van der Waals surface area contributed by atoms with Gasteiger partial charge < -0.3 is 31.3 Å². The van der Waals surface area contributed by atoms with Crippen LogP contribution in [0.1, 0.15) is 0 Å². The molecule has 0 atom stereocenters. The van der Waals surface area contributed by atoms with Gasteiger partial charge in [-0.1, -0.05) is 0 Å². The molecular weight excluding hydrogens is 231 g/mol. The predicted molar refractivity (Wildman–Crippen MR) is 35.4 cm³/mol. The van der Waals surface area contributed by atoms with Crippen molar-refractivity contribution in [2.75, 3.05) is 13.1 Å². The zero-order valence-electron chi connectivity index (χ0n) is 5.96. The van der Waals surface area contributed by atoms with Crippen LogP contribution in [0.5, 0.6) is 0 Å². The first-order valence-corrected chi connectivity index (χ1v) is 2.34. The number of halogens is 1. The Morgan fingerprint density at radius 3 is 1.08 bits per heavy atom. The van der Waals surface area contributed by atoms with Crippen LogP contribution >= 0.6 is 12.4 Å². The molecule has 0 amide bonds. The van der Waals surface area contributed by atoms with Gasteiger partial charge in [0.15, 0.2) is 0 Å². The fourth-order valence-corrected chi connectivity index (χ4v) is 0. The average Bonchev–Trinajstić information content (AvgIpc) is 1.89. The number of carboxylic acid groups (broad SMARTS) is 2. The molecule has 74 valence electrons. The minimum atomic E-state index is -1.22. The molecule has 0 saturated heterocycles. The molecule has 4 N–H and O–H groups in total. The van der Waals surface area contributed by atoms with Gasteiger partial charge in [0, 0.05) is 13.1 Å². The van der Waals surface area contributed by atoms with Crippen molar-refractivity contribution in [2.24, 2.45) is 11.5 Å². The van der Waals surface area contributed by atoms with Crippen LogP contribution < -0.4 is 21.7 Å². The van der Waals surface area contributed by atoms with Crippen molar-refractivity contribution in [3.63, 3.8) is 0 Å². The molecule has 0 aliphatic rings. The second-order valence-corrected chi connectivity index (χ2v) is 1.15. The Balaban J connectivity index is -0.0000000457. The van der Waals surface area contributed by atoms with E-state index in [2.05, 4.69) is 11.5 Å². The molecule has 0 aliphatic heterocycles. The fourth-order valence-electron chi connectivity index (χ4n) is 0. The van der Waals surface area contributed by atoms with Gasteiger partial charge in [-0.25, -0.2) is 0 Å². The predicted octanol–water partition coefficient (Wildman–Crippen LogP) is -4.19. The van der Waals surface area contributed by atoms with E-state index in [1.165, 1.54) is 0 Å². The monoisotopic (exact) mass is 240 g/mol. The number of hydrogen-bond acceptors (Lipinski definition) is 6. The third-order valence-electron chi connectivity index (χ3n) is 0.333. The molecule has 0 unspecified atom stereocenters. The Kier molecular flexibility index (Phi) is 31.9. The van der Waals surface area contributed by atoms with Crippen molar-refractivity contribution in [1.82, 2.24) is 0 Å². The van der Waals surface area contributed by atoms with Crippen molar-refractivity contribution in [3.05, 3.63) is 0 Å². The van der Waals surface area contributed by atoms with E-state index in [4.69, 9.17) is 19.8 Å². The molecule has 6 nitrogen and oxygen atoms in total. The van der Waals surface area contributed by atoms with Gasteiger partial charge in [-0.2, -0.15) is 0 Å². The summed E-state index contributed by atoms with van der Waals surface area (Å²) in [7, 11) is 0. The Morgan fingerprint density at radius 2 is 1.08 bits per heavy atom. The molecule has 8 heteroatoms. The molecule has 0 heterocycles. The molecule has 0 aliphatic carbocycles. The first kappa shape index (κ1) is 22.6. The van der Waals surface area contributed by atoms with E-state index in [9.17, 15) is 0 Å². The van der Waals surface area contributed by atoms with Gasteiger partial charge in [-0.3, -0.25) is 0 Å². The van der Waals surface area contributed by atoms with E-state index >= 15 is 0 Å². The van der Waals surface area contributed by atoms with Crippen LogP contribution in [-0.2, 0) is 26.7 Å². The van der Waals surface area contributed by atoms with E-state index in [1.807, 2.05) is 0 Å². The average molecular weight is 240 g/mol. The third kappa shape index (κ3) is 54.0. The third-order valence-corrected chi connectivity index (χ3v) is 0.333. The van der Waals surface area contributed by atoms with E-state index < -0.39 is 11.9 Å². The van der Waals surface area contributed by atoms with Gasteiger partial charge in [-0.05, 0) is 0 Å². The van der Waals surface area contributed by atoms with Crippen LogP contribution in [0.2, 0.25) is 0 Å².